The van der Waals surface area contributed by atoms with Crippen molar-refractivity contribution in [3.05, 3.63) is 17.5 Å². The van der Waals surface area contributed by atoms with Crippen molar-refractivity contribution in [2.24, 2.45) is 0 Å². The van der Waals surface area contributed by atoms with Gasteiger partial charge in [0.15, 0.2) is 5.01 Å². The zero-order valence-electron chi connectivity index (χ0n) is 9.79. The van der Waals surface area contributed by atoms with Crippen LogP contribution in [-0.4, -0.2) is 24.4 Å². The number of sulfonamides is 1. The predicted molar refractivity (Wildman–Crippen MR) is 75.5 cm³/mol. The molecule has 0 aromatic carbocycles. The third-order valence-corrected chi connectivity index (χ3v) is 5.50. The maximum absolute atomic E-state index is 11.7. The fourth-order valence-corrected chi connectivity index (χ4v) is 4.29. The lowest BCUT2D eigenvalue weighted by Gasteiger charge is -2.02. The normalized spacial score (nSPS) is 11.6. The monoisotopic (exact) mass is 303 g/mol. The Hall–Kier alpha value is -0.990. The summed E-state index contributed by atoms with van der Waals surface area (Å²) >= 11 is 2.80. The molecule has 0 unspecified atom stereocenters. The SMILES string of the molecule is CCCCS(=O)(=O)Nc1nnc(-c2cccs2)s1. The van der Waals surface area contributed by atoms with Crippen molar-refractivity contribution < 1.29 is 8.42 Å². The first-order valence-corrected chi connectivity index (χ1v) is 8.83. The lowest BCUT2D eigenvalue weighted by molar-refractivity contribution is 0.597. The van der Waals surface area contributed by atoms with E-state index in [0.717, 1.165) is 16.3 Å². The Bertz CT molecular complexity index is 590. The van der Waals surface area contributed by atoms with Crippen LogP contribution in [0.3, 0.4) is 0 Å². The molecular formula is C10H13N3O2S3. The molecule has 2 aromatic rings. The van der Waals surface area contributed by atoms with Crippen molar-refractivity contribution in [3.8, 4) is 9.88 Å². The van der Waals surface area contributed by atoms with Crippen LogP contribution in [0.25, 0.3) is 9.88 Å². The zero-order valence-corrected chi connectivity index (χ0v) is 12.2. The van der Waals surface area contributed by atoms with Gasteiger partial charge in [0, 0.05) is 0 Å². The van der Waals surface area contributed by atoms with E-state index in [2.05, 4.69) is 14.9 Å². The summed E-state index contributed by atoms with van der Waals surface area (Å²) in [4.78, 5) is 0.992. The summed E-state index contributed by atoms with van der Waals surface area (Å²) < 4.78 is 25.8. The van der Waals surface area contributed by atoms with E-state index in [1.54, 1.807) is 11.3 Å². The Balaban J connectivity index is 2.07. The topological polar surface area (TPSA) is 72.0 Å². The molecular weight excluding hydrogens is 290 g/mol. The van der Waals surface area contributed by atoms with E-state index in [1.807, 2.05) is 24.4 Å². The molecule has 8 heteroatoms. The first-order chi connectivity index (χ1) is 8.61. The molecule has 0 amide bonds. The molecule has 0 atom stereocenters. The fourth-order valence-electron chi connectivity index (χ4n) is 1.28. The van der Waals surface area contributed by atoms with Crippen LogP contribution in [0.4, 0.5) is 5.13 Å². The van der Waals surface area contributed by atoms with Gasteiger partial charge in [-0.25, -0.2) is 8.42 Å². The molecule has 98 valence electrons. The van der Waals surface area contributed by atoms with Gasteiger partial charge in [0.2, 0.25) is 15.2 Å². The second-order valence-electron chi connectivity index (χ2n) is 3.66. The smallest absolute Gasteiger partial charge is 0.234 e. The summed E-state index contributed by atoms with van der Waals surface area (Å²) in [5.41, 5.74) is 0. The van der Waals surface area contributed by atoms with Gasteiger partial charge >= 0.3 is 0 Å². The standard InChI is InChI=1S/C10H13N3O2S3/c1-2-3-7-18(14,15)13-10-12-11-9(17-10)8-5-4-6-16-8/h4-6H,2-3,7H2,1H3,(H,12,13). The molecule has 2 rings (SSSR count). The zero-order chi connectivity index (χ0) is 13.0. The van der Waals surface area contributed by atoms with Crippen molar-refractivity contribution in [3.63, 3.8) is 0 Å². The van der Waals surface area contributed by atoms with Gasteiger partial charge in [-0.15, -0.1) is 21.5 Å². The molecule has 0 aliphatic carbocycles. The van der Waals surface area contributed by atoms with Crippen LogP contribution >= 0.6 is 22.7 Å². The molecule has 0 radical (unpaired) electrons. The minimum Gasteiger partial charge on any atom is -0.257 e. The fraction of sp³-hybridized carbons (Fsp3) is 0.400. The van der Waals surface area contributed by atoms with Gasteiger partial charge in [0.25, 0.3) is 0 Å². The quantitative estimate of drug-likeness (QED) is 0.890. The Labute approximate surface area is 114 Å². The second-order valence-corrected chi connectivity index (χ2v) is 7.43. The Kier molecular flexibility index (Phi) is 4.31. The van der Waals surface area contributed by atoms with Crippen LogP contribution in [0.15, 0.2) is 17.5 Å². The van der Waals surface area contributed by atoms with Gasteiger partial charge in [0.05, 0.1) is 10.6 Å². The highest BCUT2D eigenvalue weighted by Gasteiger charge is 2.14. The molecule has 2 aromatic heterocycles. The lowest BCUT2D eigenvalue weighted by Crippen LogP contribution is -2.16. The Morgan fingerprint density at radius 3 is 2.89 bits per heavy atom. The van der Waals surface area contributed by atoms with Crippen LogP contribution in [0.5, 0.6) is 0 Å². The molecule has 0 spiro atoms. The van der Waals surface area contributed by atoms with Crippen LogP contribution in [0, 0.1) is 0 Å². The molecule has 0 saturated carbocycles. The molecule has 0 aliphatic heterocycles. The van der Waals surface area contributed by atoms with E-state index >= 15 is 0 Å². The summed E-state index contributed by atoms with van der Waals surface area (Å²) in [7, 11) is -3.29. The number of unbranched alkanes of at least 4 members (excludes halogenated alkanes) is 1. The van der Waals surface area contributed by atoms with E-state index in [1.165, 1.54) is 11.3 Å². The maximum atomic E-state index is 11.7. The Morgan fingerprint density at radius 2 is 2.22 bits per heavy atom. The van der Waals surface area contributed by atoms with Crippen molar-refractivity contribution in [2.75, 3.05) is 10.5 Å². The number of nitrogens with one attached hydrogen (secondary N) is 1. The molecule has 0 aliphatic rings. The van der Waals surface area contributed by atoms with Crippen LogP contribution < -0.4 is 4.72 Å². The summed E-state index contributed by atoms with van der Waals surface area (Å²) in [5.74, 6) is 0.122. The number of thiophene rings is 1. The van der Waals surface area contributed by atoms with E-state index in [0.29, 0.717) is 11.6 Å². The van der Waals surface area contributed by atoms with Gasteiger partial charge < -0.3 is 0 Å². The second kappa shape index (κ2) is 5.77. The van der Waals surface area contributed by atoms with E-state index in [4.69, 9.17) is 0 Å². The van der Waals surface area contributed by atoms with E-state index in [-0.39, 0.29) is 5.75 Å². The molecule has 2 heterocycles. The number of anilines is 1. The molecule has 0 bridgehead atoms. The number of hydrogen-bond donors (Lipinski definition) is 1. The molecule has 1 N–H and O–H groups in total. The van der Waals surface area contributed by atoms with Gasteiger partial charge in [-0.05, 0) is 17.9 Å². The minimum atomic E-state index is -3.29. The summed E-state index contributed by atoms with van der Waals surface area (Å²) in [6, 6.07) is 3.85. The first-order valence-electron chi connectivity index (χ1n) is 5.48. The van der Waals surface area contributed by atoms with Crippen LogP contribution in [0.1, 0.15) is 19.8 Å². The molecule has 0 fully saturated rings. The summed E-state index contributed by atoms with van der Waals surface area (Å²) in [6.45, 7) is 1.95. The number of aromatic nitrogens is 2. The van der Waals surface area contributed by atoms with Gasteiger partial charge in [-0.1, -0.05) is 30.7 Å². The molecule has 5 nitrogen and oxygen atoms in total. The van der Waals surface area contributed by atoms with Gasteiger partial charge in [0.1, 0.15) is 0 Å². The van der Waals surface area contributed by atoms with Crippen molar-refractivity contribution >= 4 is 37.8 Å². The minimum absolute atomic E-state index is 0.122. The highest BCUT2D eigenvalue weighted by molar-refractivity contribution is 7.92. The third-order valence-electron chi connectivity index (χ3n) is 2.17. The highest BCUT2D eigenvalue weighted by Crippen LogP contribution is 2.30. The van der Waals surface area contributed by atoms with Crippen molar-refractivity contribution in [1.29, 1.82) is 0 Å². The van der Waals surface area contributed by atoms with Gasteiger partial charge in [-0.3, -0.25) is 4.72 Å². The Morgan fingerprint density at radius 1 is 1.39 bits per heavy atom. The first kappa shape index (κ1) is 13.4. The molecule has 0 saturated heterocycles. The maximum Gasteiger partial charge on any atom is 0.234 e. The van der Waals surface area contributed by atoms with Gasteiger partial charge in [-0.2, -0.15) is 0 Å². The van der Waals surface area contributed by atoms with Crippen molar-refractivity contribution in [1.82, 2.24) is 10.2 Å². The van der Waals surface area contributed by atoms with E-state index in [9.17, 15) is 8.42 Å². The number of hydrogen-bond acceptors (Lipinski definition) is 6. The number of rotatable bonds is 6. The summed E-state index contributed by atoms with van der Waals surface area (Å²) in [6.07, 6.45) is 1.49. The van der Waals surface area contributed by atoms with Crippen LogP contribution in [0.2, 0.25) is 0 Å². The predicted octanol–water partition coefficient (Wildman–Crippen LogP) is 2.81. The average molecular weight is 303 g/mol. The molecule has 18 heavy (non-hydrogen) atoms. The third kappa shape index (κ3) is 3.50. The largest absolute Gasteiger partial charge is 0.257 e. The average Bonchev–Trinajstić information content (AvgIpc) is 2.95. The summed E-state index contributed by atoms with van der Waals surface area (Å²) in [5, 5.41) is 10.8. The number of nitrogens with zero attached hydrogens (tertiary/aromatic N) is 2. The van der Waals surface area contributed by atoms with Crippen LogP contribution in [-0.2, 0) is 10.0 Å². The highest BCUT2D eigenvalue weighted by atomic mass is 32.2. The van der Waals surface area contributed by atoms with Crippen molar-refractivity contribution in [2.45, 2.75) is 19.8 Å². The van der Waals surface area contributed by atoms with E-state index < -0.39 is 10.0 Å². The lowest BCUT2D eigenvalue weighted by atomic mass is 10.4.